The summed E-state index contributed by atoms with van der Waals surface area (Å²) in [4.78, 5) is 0. The molecule has 1 aromatic carbocycles. The lowest BCUT2D eigenvalue weighted by atomic mass is 9.57. The summed E-state index contributed by atoms with van der Waals surface area (Å²) in [5.74, 6) is 2.09. The lowest BCUT2D eigenvalue weighted by Crippen LogP contribution is -2.51. The Labute approximate surface area is 159 Å². The number of aryl methyl sites for hydroxylation is 1. The third-order valence-corrected chi connectivity index (χ3v) is 7.56. The minimum absolute atomic E-state index is 0.133. The highest BCUT2D eigenvalue weighted by atomic mass is 16.5. The monoisotopic (exact) mass is 360 g/mol. The molecule has 3 rings (SSSR count). The van der Waals surface area contributed by atoms with Gasteiger partial charge in [0.05, 0.1) is 19.8 Å². The molecule has 2 fully saturated rings. The van der Waals surface area contributed by atoms with Crippen LogP contribution in [0.25, 0.3) is 0 Å². The molecule has 0 spiro atoms. The number of methoxy groups -OCH3 is 2. The van der Waals surface area contributed by atoms with E-state index < -0.39 is 5.60 Å². The van der Waals surface area contributed by atoms with Gasteiger partial charge in [0.25, 0.3) is 0 Å². The molecule has 3 atom stereocenters. The molecule has 146 valence electrons. The summed E-state index contributed by atoms with van der Waals surface area (Å²) in [5, 5.41) is 12.2. The van der Waals surface area contributed by atoms with E-state index in [0.717, 1.165) is 42.7 Å². The largest absolute Gasteiger partial charge is 0.496 e. The van der Waals surface area contributed by atoms with Crippen molar-refractivity contribution < 1.29 is 14.6 Å². The third-order valence-electron chi connectivity index (χ3n) is 7.56. The van der Waals surface area contributed by atoms with E-state index in [1.54, 1.807) is 14.2 Å². The van der Waals surface area contributed by atoms with E-state index in [2.05, 4.69) is 39.8 Å². The van der Waals surface area contributed by atoms with Crippen LogP contribution in [0.3, 0.4) is 0 Å². The fourth-order valence-corrected chi connectivity index (χ4v) is 5.93. The van der Waals surface area contributed by atoms with Crippen molar-refractivity contribution in [1.82, 2.24) is 0 Å². The minimum atomic E-state index is -0.943. The Balaban J connectivity index is 2.12. The maximum absolute atomic E-state index is 12.2. The van der Waals surface area contributed by atoms with Crippen LogP contribution >= 0.6 is 0 Å². The van der Waals surface area contributed by atoms with Gasteiger partial charge in [-0.05, 0) is 55.7 Å². The van der Waals surface area contributed by atoms with E-state index in [-0.39, 0.29) is 10.8 Å². The van der Waals surface area contributed by atoms with Crippen molar-refractivity contribution in [1.29, 1.82) is 0 Å². The lowest BCUT2D eigenvalue weighted by molar-refractivity contribution is -0.152. The van der Waals surface area contributed by atoms with Gasteiger partial charge in [-0.1, -0.05) is 40.5 Å². The zero-order chi connectivity index (χ0) is 19.2. The van der Waals surface area contributed by atoms with Crippen molar-refractivity contribution >= 4 is 0 Å². The Morgan fingerprint density at radius 2 is 1.69 bits per heavy atom. The van der Waals surface area contributed by atoms with Crippen LogP contribution in [0, 0.1) is 16.7 Å². The fourth-order valence-electron chi connectivity index (χ4n) is 5.93. The molecule has 0 aliphatic heterocycles. The number of fused-ring (bicyclic) bond motifs is 2. The van der Waals surface area contributed by atoms with Gasteiger partial charge in [-0.15, -0.1) is 0 Å². The second kappa shape index (κ2) is 6.74. The number of unbranched alkanes of at least 4 members (excludes halogenated alkanes) is 2. The Bertz CT molecular complexity index is 634. The van der Waals surface area contributed by atoms with E-state index in [1.807, 2.05) is 0 Å². The van der Waals surface area contributed by atoms with Gasteiger partial charge in [0.1, 0.15) is 17.1 Å². The van der Waals surface area contributed by atoms with Crippen molar-refractivity contribution in [2.45, 2.75) is 78.2 Å². The molecule has 0 aromatic heterocycles. The molecule has 26 heavy (non-hydrogen) atoms. The van der Waals surface area contributed by atoms with Gasteiger partial charge in [0.15, 0.2) is 0 Å². The van der Waals surface area contributed by atoms with Gasteiger partial charge < -0.3 is 14.6 Å². The van der Waals surface area contributed by atoms with Crippen LogP contribution in [0.1, 0.15) is 77.3 Å². The molecule has 2 unspecified atom stereocenters. The first-order valence-electron chi connectivity index (χ1n) is 10.2. The molecule has 3 nitrogen and oxygen atoms in total. The average Bonchev–Trinajstić information content (AvgIpc) is 3.09. The van der Waals surface area contributed by atoms with E-state index in [1.165, 1.54) is 24.8 Å². The Morgan fingerprint density at radius 1 is 1.08 bits per heavy atom. The smallest absolute Gasteiger partial charge is 0.129 e. The van der Waals surface area contributed by atoms with Crippen LogP contribution in [-0.2, 0) is 12.0 Å². The summed E-state index contributed by atoms with van der Waals surface area (Å²) in [6.07, 6.45) is 7.94. The molecule has 0 saturated heterocycles. The van der Waals surface area contributed by atoms with E-state index >= 15 is 0 Å². The number of rotatable bonds is 7. The molecule has 3 heteroatoms. The van der Waals surface area contributed by atoms with Crippen LogP contribution in [-0.4, -0.2) is 19.3 Å². The predicted octanol–water partition coefficient (Wildman–Crippen LogP) is 5.47. The van der Waals surface area contributed by atoms with Gasteiger partial charge in [0, 0.05) is 10.8 Å². The van der Waals surface area contributed by atoms with Gasteiger partial charge in [-0.25, -0.2) is 0 Å². The lowest BCUT2D eigenvalue weighted by Gasteiger charge is -2.51. The summed E-state index contributed by atoms with van der Waals surface area (Å²) < 4.78 is 11.6. The summed E-state index contributed by atoms with van der Waals surface area (Å²) in [5.41, 5.74) is 0.805. The Hall–Kier alpha value is -1.22. The van der Waals surface area contributed by atoms with Crippen molar-refractivity contribution in [3.8, 4) is 11.5 Å². The molecule has 0 heterocycles. The average molecular weight is 361 g/mol. The highest BCUT2D eigenvalue weighted by Gasteiger charge is 2.70. The fraction of sp³-hybridized carbons (Fsp3) is 0.739. The van der Waals surface area contributed by atoms with Gasteiger partial charge in [-0.3, -0.25) is 0 Å². The van der Waals surface area contributed by atoms with Crippen LogP contribution in [0.2, 0.25) is 0 Å². The van der Waals surface area contributed by atoms with E-state index in [4.69, 9.17) is 9.47 Å². The first kappa shape index (κ1) is 19.5. The molecular formula is C23H36O3. The highest BCUT2D eigenvalue weighted by molar-refractivity contribution is 5.54. The van der Waals surface area contributed by atoms with Gasteiger partial charge in [0.2, 0.25) is 0 Å². The molecule has 0 amide bonds. The topological polar surface area (TPSA) is 38.7 Å². The molecule has 1 N–H and O–H groups in total. The SMILES string of the molecule is CCCCCc1cc(OC)c([C@]2(O)C3(C)CCC(C3)C2(C)C)c(OC)c1. The first-order valence-corrected chi connectivity index (χ1v) is 10.2. The Kier molecular flexibility index (Phi) is 5.07. The number of hydrogen-bond acceptors (Lipinski definition) is 3. The van der Waals surface area contributed by atoms with Gasteiger partial charge >= 0.3 is 0 Å². The summed E-state index contributed by atoms with van der Waals surface area (Å²) in [6.45, 7) is 8.90. The molecule has 2 saturated carbocycles. The third kappa shape index (κ3) is 2.58. The predicted molar refractivity (Wildman–Crippen MR) is 106 cm³/mol. The van der Waals surface area contributed by atoms with Crippen molar-refractivity contribution in [3.05, 3.63) is 23.3 Å². The molecule has 1 aromatic rings. The molecule has 2 aliphatic rings. The number of hydrogen-bond donors (Lipinski definition) is 1. The van der Waals surface area contributed by atoms with Crippen LogP contribution < -0.4 is 9.47 Å². The van der Waals surface area contributed by atoms with Crippen LogP contribution in [0.15, 0.2) is 12.1 Å². The molecule has 2 bridgehead atoms. The summed E-state index contributed by atoms with van der Waals surface area (Å²) in [6, 6.07) is 4.24. The number of ether oxygens (including phenoxy) is 2. The zero-order valence-corrected chi connectivity index (χ0v) is 17.4. The van der Waals surface area contributed by atoms with Crippen LogP contribution in [0.5, 0.6) is 11.5 Å². The number of aliphatic hydroxyl groups is 1. The van der Waals surface area contributed by atoms with Gasteiger partial charge in [-0.2, -0.15) is 0 Å². The standard InChI is InChI=1S/C23H36O3/c1-7-8-9-10-16-13-18(25-5)20(19(14-16)26-6)23(24)21(2,3)17-11-12-22(23,4)15-17/h13-14,17,24H,7-12,15H2,1-6H3/t17?,22?,23-/m1/s1. The second-order valence-electron chi connectivity index (χ2n) is 9.26. The van der Waals surface area contributed by atoms with Crippen molar-refractivity contribution in [3.63, 3.8) is 0 Å². The summed E-state index contributed by atoms with van der Waals surface area (Å²) >= 11 is 0. The van der Waals surface area contributed by atoms with Crippen LogP contribution in [0.4, 0.5) is 0 Å². The molecule has 2 aliphatic carbocycles. The molecular weight excluding hydrogens is 324 g/mol. The summed E-state index contributed by atoms with van der Waals surface area (Å²) in [7, 11) is 3.42. The second-order valence-corrected chi connectivity index (χ2v) is 9.26. The highest BCUT2D eigenvalue weighted by Crippen LogP contribution is 2.73. The minimum Gasteiger partial charge on any atom is -0.496 e. The maximum atomic E-state index is 12.2. The maximum Gasteiger partial charge on any atom is 0.129 e. The first-order chi connectivity index (χ1) is 12.2. The van der Waals surface area contributed by atoms with E-state index in [0.29, 0.717) is 5.92 Å². The Morgan fingerprint density at radius 3 is 2.15 bits per heavy atom. The van der Waals surface area contributed by atoms with E-state index in [9.17, 15) is 5.11 Å². The zero-order valence-electron chi connectivity index (χ0n) is 17.4. The van der Waals surface area contributed by atoms with Crippen molar-refractivity contribution in [2.24, 2.45) is 16.7 Å². The quantitative estimate of drug-likeness (QED) is 0.655. The normalized spacial score (nSPS) is 32.0. The van der Waals surface area contributed by atoms with Crippen molar-refractivity contribution in [2.75, 3.05) is 14.2 Å². The molecule has 0 radical (unpaired) electrons. The number of benzene rings is 1.